The van der Waals surface area contributed by atoms with Crippen LogP contribution in [0.15, 0.2) is 18.2 Å². The van der Waals surface area contributed by atoms with Crippen LogP contribution in [-0.2, 0) is 4.74 Å². The van der Waals surface area contributed by atoms with Gasteiger partial charge in [-0.2, -0.15) is 0 Å². The molecule has 1 heterocycles. The van der Waals surface area contributed by atoms with E-state index >= 15 is 0 Å². The fourth-order valence-electron chi connectivity index (χ4n) is 2.10. The molecule has 2 N–H and O–H groups in total. The highest BCUT2D eigenvalue weighted by atomic mass is 16.5. The first-order valence-electron chi connectivity index (χ1n) is 6.39. The first-order chi connectivity index (χ1) is 8.25. The van der Waals surface area contributed by atoms with Crippen molar-refractivity contribution in [3.63, 3.8) is 0 Å². The molecule has 1 atom stereocenters. The topological polar surface area (TPSA) is 33.3 Å². The number of benzene rings is 1. The second-order valence-corrected chi connectivity index (χ2v) is 4.73. The molecule has 0 spiro atoms. The third-order valence-corrected chi connectivity index (χ3v) is 3.18. The lowest BCUT2D eigenvalue weighted by Gasteiger charge is -2.24. The molecule has 0 radical (unpaired) electrons. The summed E-state index contributed by atoms with van der Waals surface area (Å²) in [5.74, 6) is 0. The fraction of sp³-hybridized carbons (Fsp3) is 0.571. The molecule has 0 bridgehead atoms. The molecule has 1 aromatic carbocycles. The van der Waals surface area contributed by atoms with E-state index in [0.717, 1.165) is 32.7 Å². The summed E-state index contributed by atoms with van der Waals surface area (Å²) in [5, 5.41) is 6.84. The van der Waals surface area contributed by atoms with Gasteiger partial charge in [0.1, 0.15) is 0 Å². The zero-order chi connectivity index (χ0) is 12.1. The van der Waals surface area contributed by atoms with Crippen molar-refractivity contribution in [2.45, 2.75) is 26.4 Å². The minimum absolute atomic E-state index is 0.362. The second kappa shape index (κ2) is 6.03. The number of aryl methyl sites for hydroxylation is 2. The average molecular weight is 234 g/mol. The number of morpholine rings is 1. The molecule has 0 aliphatic carbocycles. The van der Waals surface area contributed by atoms with Gasteiger partial charge in [0.25, 0.3) is 0 Å². The molecule has 1 aliphatic heterocycles. The summed E-state index contributed by atoms with van der Waals surface area (Å²) in [6.45, 7) is 8.04. The van der Waals surface area contributed by atoms with Crippen LogP contribution in [0.25, 0.3) is 0 Å². The van der Waals surface area contributed by atoms with E-state index in [1.165, 1.54) is 16.8 Å². The summed E-state index contributed by atoms with van der Waals surface area (Å²) < 4.78 is 5.67. The van der Waals surface area contributed by atoms with E-state index in [-0.39, 0.29) is 0 Å². The third-order valence-electron chi connectivity index (χ3n) is 3.18. The largest absolute Gasteiger partial charge is 0.385 e. The number of hydrogen-bond acceptors (Lipinski definition) is 3. The molecule has 1 unspecified atom stereocenters. The fourth-order valence-corrected chi connectivity index (χ4v) is 2.10. The van der Waals surface area contributed by atoms with Gasteiger partial charge >= 0.3 is 0 Å². The minimum atomic E-state index is 0.362. The first kappa shape index (κ1) is 12.4. The van der Waals surface area contributed by atoms with Gasteiger partial charge < -0.3 is 15.4 Å². The molecule has 94 valence electrons. The van der Waals surface area contributed by atoms with Gasteiger partial charge in [-0.3, -0.25) is 0 Å². The Bertz CT molecular complexity index is 359. The van der Waals surface area contributed by atoms with Crippen LogP contribution in [0.1, 0.15) is 17.5 Å². The van der Waals surface area contributed by atoms with Gasteiger partial charge in [-0.1, -0.05) is 12.1 Å². The van der Waals surface area contributed by atoms with Crippen molar-refractivity contribution in [3.05, 3.63) is 29.3 Å². The monoisotopic (exact) mass is 234 g/mol. The third kappa shape index (κ3) is 3.72. The van der Waals surface area contributed by atoms with Crippen molar-refractivity contribution in [2.75, 3.05) is 31.6 Å². The summed E-state index contributed by atoms with van der Waals surface area (Å²) in [7, 11) is 0. The molecule has 1 saturated heterocycles. The van der Waals surface area contributed by atoms with Gasteiger partial charge in [-0.05, 0) is 37.5 Å². The van der Waals surface area contributed by atoms with Crippen LogP contribution in [0.2, 0.25) is 0 Å². The Morgan fingerprint density at radius 2 is 2.29 bits per heavy atom. The van der Waals surface area contributed by atoms with Crippen molar-refractivity contribution < 1.29 is 4.74 Å². The van der Waals surface area contributed by atoms with E-state index in [0.29, 0.717) is 6.10 Å². The lowest BCUT2D eigenvalue weighted by Crippen LogP contribution is -2.39. The average Bonchev–Trinajstić information content (AvgIpc) is 2.35. The molecule has 0 amide bonds. The van der Waals surface area contributed by atoms with Crippen LogP contribution in [0.3, 0.4) is 0 Å². The first-order valence-corrected chi connectivity index (χ1v) is 6.39. The minimum Gasteiger partial charge on any atom is -0.385 e. The zero-order valence-corrected chi connectivity index (χ0v) is 10.8. The van der Waals surface area contributed by atoms with Crippen LogP contribution in [0.4, 0.5) is 5.69 Å². The predicted octanol–water partition coefficient (Wildman–Crippen LogP) is 2.09. The van der Waals surface area contributed by atoms with Gasteiger partial charge in [-0.25, -0.2) is 0 Å². The van der Waals surface area contributed by atoms with Crippen molar-refractivity contribution >= 4 is 5.69 Å². The van der Waals surface area contributed by atoms with Gasteiger partial charge in [0.05, 0.1) is 12.7 Å². The normalized spacial score (nSPS) is 20.2. The molecule has 17 heavy (non-hydrogen) atoms. The smallest absolute Gasteiger partial charge is 0.0716 e. The molecule has 3 nitrogen and oxygen atoms in total. The Morgan fingerprint density at radius 3 is 3.06 bits per heavy atom. The lowest BCUT2D eigenvalue weighted by molar-refractivity contribution is 0.0258. The molecule has 0 saturated carbocycles. The Hall–Kier alpha value is -1.06. The van der Waals surface area contributed by atoms with Crippen molar-refractivity contribution in [1.29, 1.82) is 0 Å². The highest BCUT2D eigenvalue weighted by molar-refractivity contribution is 5.52. The second-order valence-electron chi connectivity index (χ2n) is 4.73. The number of ether oxygens (including phenoxy) is 1. The molecule has 1 aliphatic rings. The lowest BCUT2D eigenvalue weighted by atomic mass is 10.1. The summed E-state index contributed by atoms with van der Waals surface area (Å²) in [6, 6.07) is 6.51. The maximum Gasteiger partial charge on any atom is 0.0716 e. The summed E-state index contributed by atoms with van der Waals surface area (Å²) >= 11 is 0. The van der Waals surface area contributed by atoms with E-state index in [1.807, 2.05) is 0 Å². The maximum atomic E-state index is 5.67. The van der Waals surface area contributed by atoms with Crippen LogP contribution in [-0.4, -0.2) is 32.3 Å². The van der Waals surface area contributed by atoms with Crippen LogP contribution in [0, 0.1) is 13.8 Å². The van der Waals surface area contributed by atoms with E-state index < -0.39 is 0 Å². The maximum absolute atomic E-state index is 5.67. The highest BCUT2D eigenvalue weighted by Crippen LogP contribution is 2.16. The van der Waals surface area contributed by atoms with E-state index in [2.05, 4.69) is 42.7 Å². The Balaban J connectivity index is 1.79. The molecule has 1 aromatic rings. The van der Waals surface area contributed by atoms with Gasteiger partial charge in [0.15, 0.2) is 0 Å². The Morgan fingerprint density at radius 1 is 1.41 bits per heavy atom. The Labute approximate surface area is 104 Å². The van der Waals surface area contributed by atoms with Gasteiger partial charge in [-0.15, -0.1) is 0 Å². The van der Waals surface area contributed by atoms with E-state index in [1.54, 1.807) is 0 Å². The summed E-state index contributed by atoms with van der Waals surface area (Å²) in [5.41, 5.74) is 3.85. The molecule has 2 rings (SSSR count). The summed E-state index contributed by atoms with van der Waals surface area (Å²) in [6.07, 6.45) is 1.42. The number of rotatable bonds is 4. The van der Waals surface area contributed by atoms with Crippen LogP contribution >= 0.6 is 0 Å². The van der Waals surface area contributed by atoms with Crippen LogP contribution in [0.5, 0.6) is 0 Å². The van der Waals surface area contributed by atoms with Crippen molar-refractivity contribution in [2.24, 2.45) is 0 Å². The molecular weight excluding hydrogens is 212 g/mol. The van der Waals surface area contributed by atoms with Gasteiger partial charge in [0.2, 0.25) is 0 Å². The predicted molar refractivity (Wildman–Crippen MR) is 71.6 cm³/mol. The number of anilines is 1. The van der Waals surface area contributed by atoms with E-state index in [9.17, 15) is 0 Å². The number of nitrogens with one attached hydrogen (secondary N) is 2. The van der Waals surface area contributed by atoms with Crippen LogP contribution < -0.4 is 10.6 Å². The SMILES string of the molecule is Cc1ccc(C)c(NCCC2CNCCO2)c1. The van der Waals surface area contributed by atoms with Crippen molar-refractivity contribution in [3.8, 4) is 0 Å². The highest BCUT2D eigenvalue weighted by Gasteiger charge is 2.12. The van der Waals surface area contributed by atoms with Gasteiger partial charge in [0, 0.05) is 25.3 Å². The van der Waals surface area contributed by atoms with Crippen molar-refractivity contribution in [1.82, 2.24) is 5.32 Å². The zero-order valence-electron chi connectivity index (χ0n) is 10.8. The Kier molecular flexibility index (Phi) is 4.40. The molecular formula is C14H22N2O. The molecule has 3 heteroatoms. The molecule has 1 fully saturated rings. The standard InChI is InChI=1S/C14H22N2O/c1-11-3-4-12(2)14(9-11)16-6-5-13-10-15-7-8-17-13/h3-4,9,13,15-16H,5-8,10H2,1-2H3. The quantitative estimate of drug-likeness (QED) is 0.837. The summed E-state index contributed by atoms with van der Waals surface area (Å²) in [4.78, 5) is 0. The number of hydrogen-bond donors (Lipinski definition) is 2. The molecule has 0 aromatic heterocycles. The van der Waals surface area contributed by atoms with E-state index in [4.69, 9.17) is 4.74 Å².